The molecule has 4 nitrogen and oxygen atoms in total. The van der Waals surface area contributed by atoms with Gasteiger partial charge in [0, 0.05) is 6.04 Å². The lowest BCUT2D eigenvalue weighted by atomic mass is 10.1. The minimum Gasteiger partial charge on any atom is -0.460 e. The van der Waals surface area contributed by atoms with Crippen LogP contribution >= 0.6 is 0 Å². The van der Waals surface area contributed by atoms with Crippen LogP contribution in [0, 0.1) is 0 Å². The Bertz CT molecular complexity index is 325. The van der Waals surface area contributed by atoms with E-state index in [0.717, 1.165) is 5.56 Å². The van der Waals surface area contributed by atoms with Crippen molar-refractivity contribution in [1.29, 1.82) is 0 Å². The summed E-state index contributed by atoms with van der Waals surface area (Å²) in [6, 6.07) is 8.75. The Morgan fingerprint density at radius 1 is 1.31 bits per heavy atom. The first-order valence-corrected chi connectivity index (χ1v) is 5.31. The van der Waals surface area contributed by atoms with Crippen LogP contribution in [0.1, 0.15) is 18.9 Å². The molecule has 1 aromatic rings. The summed E-state index contributed by atoms with van der Waals surface area (Å²) in [7, 11) is 0. The number of hydrogen-bond donors (Lipinski definition) is 2. The molecule has 0 amide bonds. The Morgan fingerprint density at radius 3 is 2.50 bits per heavy atom. The summed E-state index contributed by atoms with van der Waals surface area (Å²) in [5, 5.41) is 0. The van der Waals surface area contributed by atoms with Crippen LogP contribution in [0.3, 0.4) is 0 Å². The van der Waals surface area contributed by atoms with Crippen molar-refractivity contribution in [2.24, 2.45) is 11.5 Å². The zero-order valence-electron chi connectivity index (χ0n) is 9.43. The van der Waals surface area contributed by atoms with E-state index in [1.807, 2.05) is 37.3 Å². The number of esters is 1. The fourth-order valence-corrected chi connectivity index (χ4v) is 1.33. The molecule has 88 valence electrons. The molecule has 0 fully saturated rings. The molecular formula is C12H18N2O2. The molecule has 16 heavy (non-hydrogen) atoms. The van der Waals surface area contributed by atoms with Gasteiger partial charge in [-0.2, -0.15) is 0 Å². The molecule has 1 unspecified atom stereocenters. The van der Waals surface area contributed by atoms with Crippen LogP contribution in [0.15, 0.2) is 30.3 Å². The Hall–Kier alpha value is -1.39. The summed E-state index contributed by atoms with van der Waals surface area (Å²) in [5.41, 5.74) is 12.1. The SMILES string of the molecule is CC(N)C[C@@H](N)C(=O)OCc1ccccc1. The lowest BCUT2D eigenvalue weighted by molar-refractivity contribution is -0.146. The number of carbonyl (C=O) groups excluding carboxylic acids is 1. The second kappa shape index (κ2) is 6.25. The fourth-order valence-electron chi connectivity index (χ4n) is 1.33. The number of carbonyl (C=O) groups is 1. The highest BCUT2D eigenvalue weighted by Gasteiger charge is 2.16. The van der Waals surface area contributed by atoms with Crippen molar-refractivity contribution in [2.75, 3.05) is 0 Å². The van der Waals surface area contributed by atoms with Gasteiger partial charge in [-0.05, 0) is 18.9 Å². The first-order valence-electron chi connectivity index (χ1n) is 5.31. The third kappa shape index (κ3) is 4.42. The molecule has 0 aliphatic heterocycles. The summed E-state index contributed by atoms with van der Waals surface area (Å²) in [4.78, 5) is 11.4. The standard InChI is InChI=1S/C12H18N2O2/c1-9(13)7-11(14)12(15)16-8-10-5-3-2-4-6-10/h2-6,9,11H,7-8,13-14H2,1H3/t9?,11-/m1/s1. The zero-order chi connectivity index (χ0) is 12.0. The molecule has 0 bridgehead atoms. The number of rotatable bonds is 5. The second-order valence-electron chi connectivity index (χ2n) is 3.91. The van der Waals surface area contributed by atoms with Gasteiger partial charge in [0.1, 0.15) is 12.6 Å². The van der Waals surface area contributed by atoms with Gasteiger partial charge < -0.3 is 16.2 Å². The van der Waals surface area contributed by atoms with Crippen LogP contribution in [0.5, 0.6) is 0 Å². The third-order valence-electron chi connectivity index (χ3n) is 2.15. The molecule has 0 radical (unpaired) electrons. The molecule has 1 aromatic carbocycles. The highest BCUT2D eigenvalue weighted by molar-refractivity contribution is 5.75. The Kier molecular flexibility index (Phi) is 4.95. The Labute approximate surface area is 95.6 Å². The van der Waals surface area contributed by atoms with Crippen molar-refractivity contribution in [3.05, 3.63) is 35.9 Å². The molecule has 4 N–H and O–H groups in total. The zero-order valence-corrected chi connectivity index (χ0v) is 9.43. The molecule has 1 rings (SSSR count). The van der Waals surface area contributed by atoms with Gasteiger partial charge in [0.05, 0.1) is 0 Å². The van der Waals surface area contributed by atoms with E-state index in [0.29, 0.717) is 6.42 Å². The summed E-state index contributed by atoms with van der Waals surface area (Å²) < 4.78 is 5.07. The first kappa shape index (κ1) is 12.7. The highest BCUT2D eigenvalue weighted by Crippen LogP contribution is 2.03. The van der Waals surface area contributed by atoms with Crippen molar-refractivity contribution < 1.29 is 9.53 Å². The molecule has 0 spiro atoms. The molecule has 0 saturated carbocycles. The molecule has 0 saturated heterocycles. The van der Waals surface area contributed by atoms with Gasteiger partial charge in [-0.25, -0.2) is 0 Å². The average Bonchev–Trinajstić information content (AvgIpc) is 2.26. The lowest BCUT2D eigenvalue weighted by Crippen LogP contribution is -2.37. The summed E-state index contributed by atoms with van der Waals surface area (Å²) in [6.07, 6.45) is 0.438. The van der Waals surface area contributed by atoms with Gasteiger partial charge in [-0.1, -0.05) is 30.3 Å². The molecule has 2 atom stereocenters. The normalized spacial score (nSPS) is 14.2. The minimum atomic E-state index is -0.635. The predicted octanol–water partition coefficient (Wildman–Crippen LogP) is 0.794. The summed E-state index contributed by atoms with van der Waals surface area (Å²) >= 11 is 0. The summed E-state index contributed by atoms with van der Waals surface area (Å²) in [5.74, 6) is -0.402. The molecule has 0 aliphatic rings. The number of nitrogens with two attached hydrogens (primary N) is 2. The predicted molar refractivity (Wildman–Crippen MR) is 62.5 cm³/mol. The maximum Gasteiger partial charge on any atom is 0.323 e. The summed E-state index contributed by atoms with van der Waals surface area (Å²) in [6.45, 7) is 2.07. The fraction of sp³-hybridized carbons (Fsp3) is 0.417. The van der Waals surface area contributed by atoms with Gasteiger partial charge in [0.2, 0.25) is 0 Å². The minimum absolute atomic E-state index is 0.0979. The van der Waals surface area contributed by atoms with E-state index < -0.39 is 12.0 Å². The average molecular weight is 222 g/mol. The van der Waals surface area contributed by atoms with Crippen molar-refractivity contribution in [3.8, 4) is 0 Å². The van der Waals surface area contributed by atoms with Crippen LogP contribution in [0.2, 0.25) is 0 Å². The van der Waals surface area contributed by atoms with E-state index in [-0.39, 0.29) is 12.6 Å². The Balaban J connectivity index is 2.35. The van der Waals surface area contributed by atoms with Crippen molar-refractivity contribution in [2.45, 2.75) is 32.0 Å². The van der Waals surface area contributed by atoms with Gasteiger partial charge in [-0.15, -0.1) is 0 Å². The molecule has 4 heteroatoms. The van der Waals surface area contributed by atoms with E-state index in [1.165, 1.54) is 0 Å². The van der Waals surface area contributed by atoms with Crippen LogP contribution in [-0.4, -0.2) is 18.1 Å². The maximum absolute atomic E-state index is 11.4. The van der Waals surface area contributed by atoms with Crippen LogP contribution in [0.4, 0.5) is 0 Å². The van der Waals surface area contributed by atoms with Crippen molar-refractivity contribution in [1.82, 2.24) is 0 Å². The van der Waals surface area contributed by atoms with Gasteiger partial charge in [0.15, 0.2) is 0 Å². The third-order valence-corrected chi connectivity index (χ3v) is 2.15. The number of ether oxygens (including phenoxy) is 1. The lowest BCUT2D eigenvalue weighted by Gasteiger charge is -2.13. The van der Waals surface area contributed by atoms with Gasteiger partial charge in [-0.3, -0.25) is 4.79 Å². The molecule has 0 heterocycles. The largest absolute Gasteiger partial charge is 0.460 e. The topological polar surface area (TPSA) is 78.3 Å². The smallest absolute Gasteiger partial charge is 0.323 e. The van der Waals surface area contributed by atoms with Crippen LogP contribution in [0.25, 0.3) is 0 Å². The van der Waals surface area contributed by atoms with E-state index in [9.17, 15) is 4.79 Å². The van der Waals surface area contributed by atoms with E-state index >= 15 is 0 Å². The quantitative estimate of drug-likeness (QED) is 0.722. The molecular weight excluding hydrogens is 204 g/mol. The van der Waals surface area contributed by atoms with E-state index in [4.69, 9.17) is 16.2 Å². The van der Waals surface area contributed by atoms with Crippen LogP contribution < -0.4 is 11.5 Å². The van der Waals surface area contributed by atoms with Crippen molar-refractivity contribution in [3.63, 3.8) is 0 Å². The van der Waals surface area contributed by atoms with Gasteiger partial charge in [0.25, 0.3) is 0 Å². The molecule has 0 aromatic heterocycles. The van der Waals surface area contributed by atoms with Crippen molar-refractivity contribution >= 4 is 5.97 Å². The first-order chi connectivity index (χ1) is 7.59. The second-order valence-corrected chi connectivity index (χ2v) is 3.91. The number of hydrogen-bond acceptors (Lipinski definition) is 4. The maximum atomic E-state index is 11.4. The monoisotopic (exact) mass is 222 g/mol. The highest BCUT2D eigenvalue weighted by atomic mass is 16.5. The van der Waals surface area contributed by atoms with E-state index in [2.05, 4.69) is 0 Å². The Morgan fingerprint density at radius 2 is 1.94 bits per heavy atom. The van der Waals surface area contributed by atoms with Gasteiger partial charge >= 0.3 is 5.97 Å². The van der Waals surface area contributed by atoms with Crippen LogP contribution in [-0.2, 0) is 16.1 Å². The molecule has 0 aliphatic carbocycles. The van der Waals surface area contributed by atoms with E-state index in [1.54, 1.807) is 0 Å². The number of benzene rings is 1.